The van der Waals surface area contributed by atoms with E-state index < -0.39 is 0 Å². The number of unbranched alkanes of at least 4 members (excludes halogenated alkanes) is 1. The normalized spacial score (nSPS) is 10.7. The van der Waals surface area contributed by atoms with Crippen molar-refractivity contribution >= 4 is 0 Å². The maximum atomic E-state index is 11.6. The third kappa shape index (κ3) is 2.73. The topological polar surface area (TPSA) is 47.2 Å². The minimum atomic E-state index is 0.0600. The van der Waals surface area contributed by atoms with E-state index >= 15 is 0 Å². The summed E-state index contributed by atoms with van der Waals surface area (Å²) in [7, 11) is 0. The van der Waals surface area contributed by atoms with E-state index in [1.807, 2.05) is 12.4 Å². The van der Waals surface area contributed by atoms with Crippen LogP contribution in [-0.2, 0) is 13.1 Å². The van der Waals surface area contributed by atoms with Crippen molar-refractivity contribution in [2.75, 3.05) is 6.61 Å². The maximum absolute atomic E-state index is 11.6. The van der Waals surface area contributed by atoms with Crippen molar-refractivity contribution in [3.8, 4) is 0 Å². The molecular weight excluding hydrogens is 180 g/mol. The summed E-state index contributed by atoms with van der Waals surface area (Å²) in [6.45, 7) is 3.74. The van der Waals surface area contributed by atoms with Crippen LogP contribution in [0.4, 0.5) is 0 Å². The van der Waals surface area contributed by atoms with Crippen LogP contribution < -0.4 is 5.69 Å². The number of aromatic nitrogens is 2. The van der Waals surface area contributed by atoms with Gasteiger partial charge in [0, 0.05) is 32.1 Å². The molecule has 0 fully saturated rings. The van der Waals surface area contributed by atoms with Crippen LogP contribution in [0.25, 0.3) is 0 Å². The standard InChI is InChI=1S/C10H18N2O2/c1-2-5-11-7-8-12(10(11)14)6-3-4-9-13/h7-8,13H,2-6,9H2,1H3. The molecule has 0 amide bonds. The molecule has 0 bridgehead atoms. The van der Waals surface area contributed by atoms with Gasteiger partial charge in [-0.05, 0) is 19.3 Å². The summed E-state index contributed by atoms with van der Waals surface area (Å²) in [4.78, 5) is 11.6. The Labute approximate surface area is 83.8 Å². The summed E-state index contributed by atoms with van der Waals surface area (Å²) in [5.41, 5.74) is 0.0600. The Balaban J connectivity index is 2.56. The highest BCUT2D eigenvalue weighted by molar-refractivity contribution is 4.81. The number of aliphatic hydroxyl groups is 1. The van der Waals surface area contributed by atoms with Crippen LogP contribution in [0.15, 0.2) is 17.2 Å². The molecule has 80 valence electrons. The Morgan fingerprint density at radius 1 is 1.21 bits per heavy atom. The summed E-state index contributed by atoms with van der Waals surface area (Å²) >= 11 is 0. The molecule has 1 aromatic rings. The lowest BCUT2D eigenvalue weighted by atomic mass is 10.3. The maximum Gasteiger partial charge on any atom is 0.328 e. The van der Waals surface area contributed by atoms with E-state index in [2.05, 4.69) is 6.92 Å². The van der Waals surface area contributed by atoms with Gasteiger partial charge >= 0.3 is 5.69 Å². The van der Waals surface area contributed by atoms with Crippen LogP contribution in [0.1, 0.15) is 26.2 Å². The molecule has 14 heavy (non-hydrogen) atoms. The van der Waals surface area contributed by atoms with Gasteiger partial charge in [0.25, 0.3) is 0 Å². The van der Waals surface area contributed by atoms with E-state index in [9.17, 15) is 4.79 Å². The predicted octanol–water partition coefficient (Wildman–Crippen LogP) is 0.832. The molecule has 0 spiro atoms. The summed E-state index contributed by atoms with van der Waals surface area (Å²) in [5, 5.41) is 8.61. The van der Waals surface area contributed by atoms with Gasteiger partial charge in [-0.15, -0.1) is 0 Å². The minimum absolute atomic E-state index is 0.0600. The number of hydrogen-bond acceptors (Lipinski definition) is 2. The van der Waals surface area contributed by atoms with E-state index in [1.165, 1.54) is 0 Å². The molecule has 0 unspecified atom stereocenters. The van der Waals surface area contributed by atoms with E-state index in [-0.39, 0.29) is 12.3 Å². The van der Waals surface area contributed by atoms with Gasteiger partial charge in [0.1, 0.15) is 0 Å². The van der Waals surface area contributed by atoms with Crippen LogP contribution in [0, 0.1) is 0 Å². The minimum Gasteiger partial charge on any atom is -0.396 e. The first kappa shape index (κ1) is 11.0. The highest BCUT2D eigenvalue weighted by atomic mass is 16.2. The molecule has 0 radical (unpaired) electrons. The van der Waals surface area contributed by atoms with Crippen molar-refractivity contribution < 1.29 is 5.11 Å². The van der Waals surface area contributed by atoms with Crippen molar-refractivity contribution in [1.29, 1.82) is 0 Å². The largest absolute Gasteiger partial charge is 0.396 e. The van der Waals surface area contributed by atoms with Crippen LogP contribution in [0.2, 0.25) is 0 Å². The first-order chi connectivity index (χ1) is 6.79. The number of aryl methyl sites for hydroxylation is 2. The number of imidazole rings is 1. The fourth-order valence-electron chi connectivity index (χ4n) is 1.43. The molecule has 0 aromatic carbocycles. The molecular formula is C10H18N2O2. The number of rotatable bonds is 6. The molecule has 0 aliphatic heterocycles. The lowest BCUT2D eigenvalue weighted by molar-refractivity contribution is 0.281. The Morgan fingerprint density at radius 3 is 2.43 bits per heavy atom. The Hall–Kier alpha value is -1.03. The summed E-state index contributed by atoms with van der Waals surface area (Å²) in [5.74, 6) is 0. The summed E-state index contributed by atoms with van der Waals surface area (Å²) in [6.07, 6.45) is 6.22. The number of hydrogen-bond donors (Lipinski definition) is 1. The van der Waals surface area contributed by atoms with E-state index in [0.717, 1.165) is 25.8 Å². The molecule has 4 nitrogen and oxygen atoms in total. The van der Waals surface area contributed by atoms with Crippen LogP contribution in [-0.4, -0.2) is 20.8 Å². The third-order valence-corrected chi connectivity index (χ3v) is 2.19. The molecule has 1 heterocycles. The van der Waals surface area contributed by atoms with E-state index in [0.29, 0.717) is 6.54 Å². The monoisotopic (exact) mass is 198 g/mol. The lowest BCUT2D eigenvalue weighted by Gasteiger charge is -2.00. The molecule has 0 saturated heterocycles. The fourth-order valence-corrected chi connectivity index (χ4v) is 1.43. The average Bonchev–Trinajstić information content (AvgIpc) is 2.51. The fraction of sp³-hybridized carbons (Fsp3) is 0.700. The number of nitrogens with zero attached hydrogens (tertiary/aromatic N) is 2. The van der Waals surface area contributed by atoms with Crippen molar-refractivity contribution in [3.05, 3.63) is 22.9 Å². The summed E-state index contributed by atoms with van der Waals surface area (Å²) < 4.78 is 3.42. The highest BCUT2D eigenvalue weighted by Crippen LogP contribution is 1.93. The smallest absolute Gasteiger partial charge is 0.328 e. The molecule has 1 N–H and O–H groups in total. The van der Waals surface area contributed by atoms with Crippen molar-refractivity contribution in [2.24, 2.45) is 0 Å². The zero-order valence-corrected chi connectivity index (χ0v) is 8.65. The second kappa shape index (κ2) is 5.65. The van der Waals surface area contributed by atoms with Gasteiger partial charge in [0.15, 0.2) is 0 Å². The number of aliphatic hydroxyl groups excluding tert-OH is 1. The SMILES string of the molecule is CCCn1ccn(CCCCO)c1=O. The first-order valence-corrected chi connectivity index (χ1v) is 5.16. The van der Waals surface area contributed by atoms with Crippen LogP contribution in [0.3, 0.4) is 0 Å². The second-order valence-electron chi connectivity index (χ2n) is 3.40. The summed E-state index contributed by atoms with van der Waals surface area (Å²) in [6, 6.07) is 0. The van der Waals surface area contributed by atoms with Crippen LogP contribution >= 0.6 is 0 Å². The van der Waals surface area contributed by atoms with E-state index in [4.69, 9.17) is 5.11 Å². The molecule has 1 rings (SSSR count). The van der Waals surface area contributed by atoms with Crippen molar-refractivity contribution in [3.63, 3.8) is 0 Å². The lowest BCUT2D eigenvalue weighted by Crippen LogP contribution is -2.24. The van der Waals surface area contributed by atoms with Gasteiger partial charge in [-0.3, -0.25) is 9.13 Å². The zero-order chi connectivity index (χ0) is 10.4. The molecule has 0 saturated carbocycles. The molecule has 0 atom stereocenters. The third-order valence-electron chi connectivity index (χ3n) is 2.19. The molecule has 4 heteroatoms. The average molecular weight is 198 g/mol. The van der Waals surface area contributed by atoms with Gasteiger partial charge in [-0.25, -0.2) is 4.79 Å². The second-order valence-corrected chi connectivity index (χ2v) is 3.40. The molecule has 0 aliphatic carbocycles. The Bertz CT molecular complexity index is 314. The predicted molar refractivity (Wildman–Crippen MR) is 55.3 cm³/mol. The van der Waals surface area contributed by atoms with Crippen molar-refractivity contribution in [2.45, 2.75) is 39.3 Å². The highest BCUT2D eigenvalue weighted by Gasteiger charge is 2.00. The molecule has 0 aliphatic rings. The zero-order valence-electron chi connectivity index (χ0n) is 8.65. The first-order valence-electron chi connectivity index (χ1n) is 5.16. The Kier molecular flexibility index (Phi) is 4.46. The van der Waals surface area contributed by atoms with Gasteiger partial charge in [-0.1, -0.05) is 6.92 Å². The Morgan fingerprint density at radius 2 is 1.86 bits per heavy atom. The van der Waals surface area contributed by atoms with Gasteiger partial charge in [0.05, 0.1) is 0 Å². The van der Waals surface area contributed by atoms with E-state index in [1.54, 1.807) is 9.13 Å². The quantitative estimate of drug-likeness (QED) is 0.688. The van der Waals surface area contributed by atoms with Gasteiger partial charge in [-0.2, -0.15) is 0 Å². The molecule has 1 aromatic heterocycles. The van der Waals surface area contributed by atoms with Gasteiger partial charge < -0.3 is 5.11 Å². The van der Waals surface area contributed by atoms with Gasteiger partial charge in [0.2, 0.25) is 0 Å². The van der Waals surface area contributed by atoms with Crippen molar-refractivity contribution in [1.82, 2.24) is 9.13 Å². The van der Waals surface area contributed by atoms with Crippen LogP contribution in [0.5, 0.6) is 0 Å².